The van der Waals surface area contributed by atoms with E-state index in [2.05, 4.69) is 25.9 Å². The fourth-order valence-electron chi connectivity index (χ4n) is 1.30. The first-order chi connectivity index (χ1) is 6.66. The topological polar surface area (TPSA) is 29.0 Å². The predicted octanol–water partition coefficient (Wildman–Crippen LogP) is 1.94. The van der Waals surface area contributed by atoms with Gasteiger partial charge in [0.15, 0.2) is 0 Å². The van der Waals surface area contributed by atoms with Crippen molar-refractivity contribution in [2.45, 2.75) is 6.43 Å². The lowest BCUT2D eigenvalue weighted by Crippen LogP contribution is -2.50. The molecule has 0 unspecified atom stereocenters. The third kappa shape index (κ3) is 1.84. The van der Waals surface area contributed by atoms with Gasteiger partial charge in [-0.1, -0.05) is 0 Å². The monoisotopic (exact) mass is 263 g/mol. The Labute approximate surface area is 88.3 Å². The first-order valence-electron chi connectivity index (χ1n) is 4.17. The van der Waals surface area contributed by atoms with E-state index in [1.807, 2.05) is 0 Å². The maximum atomic E-state index is 12.2. The fourth-order valence-corrected chi connectivity index (χ4v) is 1.51. The van der Waals surface area contributed by atoms with Crippen LogP contribution >= 0.6 is 15.9 Å². The first-order valence-corrected chi connectivity index (χ1v) is 4.97. The SMILES string of the molecule is FC(F)C1CN(c2ncc(Br)cn2)C1. The lowest BCUT2D eigenvalue weighted by atomic mass is 10.0. The average molecular weight is 264 g/mol. The first kappa shape index (κ1) is 9.76. The Morgan fingerprint density at radius 1 is 1.36 bits per heavy atom. The summed E-state index contributed by atoms with van der Waals surface area (Å²) in [7, 11) is 0. The third-order valence-electron chi connectivity index (χ3n) is 2.16. The molecule has 0 aliphatic carbocycles. The summed E-state index contributed by atoms with van der Waals surface area (Å²) >= 11 is 3.21. The third-order valence-corrected chi connectivity index (χ3v) is 2.57. The summed E-state index contributed by atoms with van der Waals surface area (Å²) in [5, 5.41) is 0. The van der Waals surface area contributed by atoms with E-state index in [9.17, 15) is 8.78 Å². The second-order valence-electron chi connectivity index (χ2n) is 3.20. The van der Waals surface area contributed by atoms with Gasteiger partial charge in [0.2, 0.25) is 12.4 Å². The van der Waals surface area contributed by atoms with Gasteiger partial charge < -0.3 is 4.90 Å². The minimum atomic E-state index is -2.23. The van der Waals surface area contributed by atoms with Crippen LogP contribution in [0.15, 0.2) is 16.9 Å². The molecule has 0 aromatic carbocycles. The normalized spacial score (nSPS) is 17.3. The van der Waals surface area contributed by atoms with Crippen molar-refractivity contribution in [1.82, 2.24) is 9.97 Å². The maximum Gasteiger partial charge on any atom is 0.244 e. The second kappa shape index (κ2) is 3.76. The number of aromatic nitrogens is 2. The summed E-state index contributed by atoms with van der Waals surface area (Å²) in [6.07, 6.45) is 0.984. The van der Waals surface area contributed by atoms with Crippen molar-refractivity contribution in [2.24, 2.45) is 5.92 Å². The van der Waals surface area contributed by atoms with Crippen LogP contribution in [0.5, 0.6) is 0 Å². The van der Waals surface area contributed by atoms with Gasteiger partial charge >= 0.3 is 0 Å². The second-order valence-corrected chi connectivity index (χ2v) is 4.12. The molecule has 0 N–H and O–H groups in total. The van der Waals surface area contributed by atoms with Gasteiger partial charge in [0.1, 0.15) is 0 Å². The van der Waals surface area contributed by atoms with E-state index in [4.69, 9.17) is 0 Å². The molecule has 0 bridgehead atoms. The number of alkyl halides is 2. The summed E-state index contributed by atoms with van der Waals surface area (Å²) in [4.78, 5) is 9.77. The molecule has 1 saturated heterocycles. The van der Waals surface area contributed by atoms with Gasteiger partial charge in [-0.05, 0) is 15.9 Å². The highest BCUT2D eigenvalue weighted by atomic mass is 79.9. The van der Waals surface area contributed by atoms with Crippen molar-refractivity contribution in [3.63, 3.8) is 0 Å². The Morgan fingerprint density at radius 2 is 1.93 bits per heavy atom. The highest BCUT2D eigenvalue weighted by molar-refractivity contribution is 9.10. The van der Waals surface area contributed by atoms with E-state index < -0.39 is 12.3 Å². The number of nitrogens with zero attached hydrogens (tertiary/aromatic N) is 3. The van der Waals surface area contributed by atoms with E-state index in [0.29, 0.717) is 19.0 Å². The molecule has 1 fully saturated rings. The molecule has 3 nitrogen and oxygen atoms in total. The zero-order valence-electron chi connectivity index (χ0n) is 7.20. The molecule has 0 saturated carbocycles. The van der Waals surface area contributed by atoms with Crippen molar-refractivity contribution in [3.05, 3.63) is 16.9 Å². The molecule has 1 aromatic heterocycles. The average Bonchev–Trinajstić information content (AvgIpc) is 2.05. The van der Waals surface area contributed by atoms with Crippen LogP contribution in [0.2, 0.25) is 0 Å². The van der Waals surface area contributed by atoms with Gasteiger partial charge in [0, 0.05) is 25.5 Å². The molecule has 0 radical (unpaired) electrons. The Bertz CT molecular complexity index is 311. The number of anilines is 1. The van der Waals surface area contributed by atoms with Crippen LogP contribution < -0.4 is 4.90 Å². The van der Waals surface area contributed by atoms with Crippen LogP contribution in [0.3, 0.4) is 0 Å². The summed E-state index contributed by atoms with van der Waals surface area (Å²) in [6, 6.07) is 0. The quantitative estimate of drug-likeness (QED) is 0.817. The highest BCUT2D eigenvalue weighted by Gasteiger charge is 2.35. The van der Waals surface area contributed by atoms with Crippen LogP contribution in [0.1, 0.15) is 0 Å². The van der Waals surface area contributed by atoms with Gasteiger partial charge in [0.05, 0.1) is 10.4 Å². The molecular formula is C8H8BrF2N3. The van der Waals surface area contributed by atoms with E-state index in [1.54, 1.807) is 17.3 Å². The largest absolute Gasteiger partial charge is 0.340 e. The van der Waals surface area contributed by atoms with Gasteiger partial charge in [-0.15, -0.1) is 0 Å². The molecule has 0 spiro atoms. The Morgan fingerprint density at radius 3 is 2.43 bits per heavy atom. The Balaban J connectivity index is 1.96. The van der Waals surface area contributed by atoms with Gasteiger partial charge in [-0.3, -0.25) is 0 Å². The van der Waals surface area contributed by atoms with Crippen LogP contribution in [-0.4, -0.2) is 29.5 Å². The Hall–Kier alpha value is -0.780. The number of rotatable bonds is 2. The molecule has 1 aliphatic rings. The fraction of sp³-hybridized carbons (Fsp3) is 0.500. The summed E-state index contributed by atoms with van der Waals surface area (Å²) in [6.45, 7) is 0.693. The van der Waals surface area contributed by atoms with Crippen molar-refractivity contribution in [3.8, 4) is 0 Å². The van der Waals surface area contributed by atoms with Crippen molar-refractivity contribution in [1.29, 1.82) is 0 Å². The molecule has 14 heavy (non-hydrogen) atoms. The van der Waals surface area contributed by atoms with Crippen LogP contribution in [0.25, 0.3) is 0 Å². The minimum Gasteiger partial charge on any atom is -0.340 e. The summed E-state index contributed by atoms with van der Waals surface area (Å²) in [5.41, 5.74) is 0. The highest BCUT2D eigenvalue weighted by Crippen LogP contribution is 2.25. The minimum absolute atomic E-state index is 0.347. The van der Waals surface area contributed by atoms with Crippen molar-refractivity contribution >= 4 is 21.9 Å². The van der Waals surface area contributed by atoms with E-state index in [-0.39, 0.29) is 0 Å². The van der Waals surface area contributed by atoms with Crippen LogP contribution in [-0.2, 0) is 0 Å². The van der Waals surface area contributed by atoms with E-state index >= 15 is 0 Å². The van der Waals surface area contributed by atoms with Gasteiger partial charge in [-0.2, -0.15) is 0 Å². The van der Waals surface area contributed by atoms with Crippen LogP contribution in [0, 0.1) is 5.92 Å². The number of hydrogen-bond acceptors (Lipinski definition) is 3. The molecule has 0 amide bonds. The summed E-state index contributed by atoms with van der Waals surface area (Å²) in [5.74, 6) is -0.00709. The number of hydrogen-bond donors (Lipinski definition) is 0. The number of halogens is 3. The van der Waals surface area contributed by atoms with Gasteiger partial charge in [0.25, 0.3) is 0 Å². The standard InChI is InChI=1S/C8H8BrF2N3/c9-6-1-12-8(13-2-6)14-3-5(4-14)7(10)11/h1-2,5,7H,3-4H2. The molecule has 2 heterocycles. The van der Waals surface area contributed by atoms with Crippen molar-refractivity contribution < 1.29 is 8.78 Å². The molecule has 2 rings (SSSR count). The van der Waals surface area contributed by atoms with E-state index in [0.717, 1.165) is 4.47 Å². The molecule has 1 aromatic rings. The lowest BCUT2D eigenvalue weighted by molar-refractivity contribution is 0.0608. The molecule has 0 atom stereocenters. The predicted molar refractivity (Wildman–Crippen MR) is 51.4 cm³/mol. The van der Waals surface area contributed by atoms with E-state index in [1.165, 1.54) is 0 Å². The lowest BCUT2D eigenvalue weighted by Gasteiger charge is -2.38. The van der Waals surface area contributed by atoms with Gasteiger partial charge in [-0.25, -0.2) is 18.7 Å². The zero-order valence-corrected chi connectivity index (χ0v) is 8.79. The molecule has 76 valence electrons. The Kier molecular flexibility index (Phi) is 2.62. The summed E-state index contributed by atoms with van der Waals surface area (Å²) < 4.78 is 25.1. The molecular weight excluding hydrogens is 256 g/mol. The zero-order chi connectivity index (χ0) is 10.1. The van der Waals surface area contributed by atoms with Crippen LogP contribution in [0.4, 0.5) is 14.7 Å². The molecule has 6 heteroatoms. The smallest absolute Gasteiger partial charge is 0.244 e. The maximum absolute atomic E-state index is 12.2. The van der Waals surface area contributed by atoms with Crippen molar-refractivity contribution in [2.75, 3.05) is 18.0 Å². The molecule has 1 aliphatic heterocycles.